The van der Waals surface area contributed by atoms with Gasteiger partial charge in [0.2, 0.25) is 5.78 Å². The van der Waals surface area contributed by atoms with Gasteiger partial charge in [-0.1, -0.05) is 6.07 Å². The van der Waals surface area contributed by atoms with E-state index >= 15 is 0 Å². The van der Waals surface area contributed by atoms with Crippen molar-refractivity contribution in [2.45, 2.75) is 12.0 Å². The molecule has 3 rings (SSSR count). The van der Waals surface area contributed by atoms with Gasteiger partial charge in [0.15, 0.2) is 17.1 Å². The second-order valence-corrected chi connectivity index (χ2v) is 6.04. The van der Waals surface area contributed by atoms with Crippen molar-refractivity contribution in [3.8, 4) is 28.7 Å². The molecule has 0 spiro atoms. The highest BCUT2D eigenvalue weighted by molar-refractivity contribution is 6.08. The van der Waals surface area contributed by atoms with Crippen molar-refractivity contribution in [2.24, 2.45) is 0 Å². The van der Waals surface area contributed by atoms with E-state index < -0.39 is 11.4 Å². The molecule has 0 amide bonds. The van der Waals surface area contributed by atoms with E-state index in [1.807, 2.05) is 0 Å². The van der Waals surface area contributed by atoms with Crippen LogP contribution in [0.2, 0.25) is 0 Å². The molecule has 0 fully saturated rings. The van der Waals surface area contributed by atoms with E-state index in [1.54, 1.807) is 18.2 Å². The van der Waals surface area contributed by atoms with Crippen LogP contribution >= 0.6 is 0 Å². The van der Waals surface area contributed by atoms with E-state index in [2.05, 4.69) is 0 Å². The molecule has 1 heterocycles. The van der Waals surface area contributed by atoms with Crippen molar-refractivity contribution in [3.63, 3.8) is 0 Å². The van der Waals surface area contributed by atoms with E-state index in [9.17, 15) is 15.0 Å². The molecule has 0 bridgehead atoms. The predicted octanol–water partition coefficient (Wildman–Crippen LogP) is 1.97. The Labute approximate surface area is 150 Å². The first-order valence-corrected chi connectivity index (χ1v) is 7.93. The molecule has 2 aromatic rings. The zero-order valence-corrected chi connectivity index (χ0v) is 14.7. The number of aromatic hydroxyl groups is 1. The summed E-state index contributed by atoms with van der Waals surface area (Å²) in [5.74, 6) is 0.682. The highest BCUT2D eigenvalue weighted by atomic mass is 16.5. The topological polar surface area (TPSA) is 94.5 Å². The smallest absolute Gasteiger partial charge is 0.205 e. The van der Waals surface area contributed by atoms with Gasteiger partial charge in [-0.3, -0.25) is 4.79 Å². The quantitative estimate of drug-likeness (QED) is 0.842. The fourth-order valence-electron chi connectivity index (χ4n) is 2.99. The molecule has 138 valence electrons. The molecule has 7 nitrogen and oxygen atoms in total. The number of carbonyl (C=O) groups excluding carboxylic acids is 1. The Kier molecular flexibility index (Phi) is 4.65. The fourth-order valence-corrected chi connectivity index (χ4v) is 2.99. The second-order valence-electron chi connectivity index (χ2n) is 6.04. The molecule has 0 aliphatic carbocycles. The molecule has 2 aromatic carbocycles. The minimum Gasteiger partial charge on any atom is -0.507 e. The first-order valence-electron chi connectivity index (χ1n) is 7.93. The third-order valence-electron chi connectivity index (χ3n) is 4.35. The Morgan fingerprint density at radius 1 is 1.08 bits per heavy atom. The molecule has 0 saturated carbocycles. The van der Waals surface area contributed by atoms with Crippen molar-refractivity contribution in [2.75, 3.05) is 27.9 Å². The number of hydrogen-bond acceptors (Lipinski definition) is 7. The lowest BCUT2D eigenvalue weighted by Crippen LogP contribution is -2.49. The zero-order valence-electron chi connectivity index (χ0n) is 14.7. The average molecular weight is 360 g/mol. The number of phenols is 1. The molecular weight excluding hydrogens is 340 g/mol. The van der Waals surface area contributed by atoms with Gasteiger partial charge < -0.3 is 29.2 Å². The Morgan fingerprint density at radius 3 is 2.46 bits per heavy atom. The van der Waals surface area contributed by atoms with Crippen LogP contribution in [0.4, 0.5) is 0 Å². The number of benzene rings is 2. The first-order chi connectivity index (χ1) is 12.4. The Hall–Kier alpha value is -2.93. The second kappa shape index (κ2) is 6.76. The summed E-state index contributed by atoms with van der Waals surface area (Å²) in [5, 5.41) is 21.1. The summed E-state index contributed by atoms with van der Waals surface area (Å²) >= 11 is 0. The summed E-state index contributed by atoms with van der Waals surface area (Å²) < 4.78 is 21.0. The van der Waals surface area contributed by atoms with Crippen LogP contribution in [-0.2, 0) is 6.42 Å². The van der Waals surface area contributed by atoms with Crippen LogP contribution in [0.25, 0.3) is 0 Å². The summed E-state index contributed by atoms with van der Waals surface area (Å²) in [5.41, 5.74) is -1.20. The summed E-state index contributed by atoms with van der Waals surface area (Å²) in [7, 11) is 4.48. The minimum atomic E-state index is -1.81. The number of phenolic OH excluding ortho intramolecular Hbond substituents is 1. The van der Waals surface area contributed by atoms with Gasteiger partial charge in [-0.2, -0.15) is 0 Å². The van der Waals surface area contributed by atoms with Crippen LogP contribution in [0, 0.1) is 0 Å². The van der Waals surface area contributed by atoms with Crippen LogP contribution in [0.3, 0.4) is 0 Å². The van der Waals surface area contributed by atoms with Gasteiger partial charge in [-0.25, -0.2) is 0 Å². The summed E-state index contributed by atoms with van der Waals surface area (Å²) in [6.45, 7) is -0.236. The molecule has 1 aliphatic heterocycles. The van der Waals surface area contributed by atoms with Gasteiger partial charge in [0.05, 0.1) is 21.3 Å². The maximum absolute atomic E-state index is 12.9. The number of rotatable bonds is 5. The normalized spacial score (nSPS) is 18.7. The van der Waals surface area contributed by atoms with E-state index in [0.29, 0.717) is 22.8 Å². The minimum absolute atomic E-state index is 0.00288. The van der Waals surface area contributed by atoms with Crippen molar-refractivity contribution in [3.05, 3.63) is 41.5 Å². The van der Waals surface area contributed by atoms with Crippen LogP contribution in [-0.4, -0.2) is 49.5 Å². The molecule has 0 unspecified atom stereocenters. The lowest BCUT2D eigenvalue weighted by molar-refractivity contribution is -0.00242. The number of carbonyl (C=O) groups is 1. The molecule has 7 heteroatoms. The highest BCUT2D eigenvalue weighted by Crippen LogP contribution is 2.40. The van der Waals surface area contributed by atoms with Crippen molar-refractivity contribution in [1.29, 1.82) is 0 Å². The third kappa shape index (κ3) is 3.01. The van der Waals surface area contributed by atoms with Gasteiger partial charge in [-0.15, -0.1) is 0 Å². The van der Waals surface area contributed by atoms with E-state index in [-0.39, 0.29) is 30.1 Å². The lowest BCUT2D eigenvalue weighted by atomic mass is 9.85. The Bertz CT molecular complexity index is 846. The van der Waals surface area contributed by atoms with Crippen molar-refractivity contribution < 1.29 is 34.0 Å². The largest absolute Gasteiger partial charge is 0.507 e. The predicted molar refractivity (Wildman–Crippen MR) is 92.7 cm³/mol. The number of methoxy groups -OCH3 is 3. The zero-order chi connectivity index (χ0) is 18.9. The fraction of sp³-hybridized carbons (Fsp3) is 0.316. The number of Topliss-reactive ketones (excluding diaryl/α,β-unsaturated/α-hetero) is 1. The summed E-state index contributed by atoms with van der Waals surface area (Å²) in [6, 6.07) is 7.93. The molecule has 0 aromatic heterocycles. The van der Waals surface area contributed by atoms with Gasteiger partial charge in [-0.05, 0) is 17.7 Å². The van der Waals surface area contributed by atoms with Gasteiger partial charge in [0.1, 0.15) is 29.4 Å². The van der Waals surface area contributed by atoms with Crippen LogP contribution in [0.1, 0.15) is 15.9 Å². The number of hydrogen-bond donors (Lipinski definition) is 2. The molecule has 2 N–H and O–H groups in total. The van der Waals surface area contributed by atoms with Crippen LogP contribution < -0.4 is 18.9 Å². The van der Waals surface area contributed by atoms with E-state index in [0.717, 1.165) is 0 Å². The maximum atomic E-state index is 12.9. The first kappa shape index (κ1) is 17.9. The number of ketones is 1. The number of ether oxygens (including phenoxy) is 4. The Balaban J connectivity index is 1.93. The molecule has 0 saturated heterocycles. The van der Waals surface area contributed by atoms with Gasteiger partial charge >= 0.3 is 0 Å². The lowest BCUT2D eigenvalue weighted by Gasteiger charge is -2.32. The monoisotopic (exact) mass is 360 g/mol. The number of fused-ring (bicyclic) bond motifs is 1. The van der Waals surface area contributed by atoms with Crippen molar-refractivity contribution >= 4 is 5.78 Å². The standard InChI is InChI=1S/C19H20O7/c1-23-12-7-13(20)17-16(8-12)26-10-19(22,18(17)21)9-11-4-5-14(24-2)15(6-11)25-3/h4-8,20,22H,9-10H2,1-3H3/t19-/m1/s1. The van der Waals surface area contributed by atoms with E-state index in [1.165, 1.54) is 33.5 Å². The molecule has 1 atom stereocenters. The number of aliphatic hydroxyl groups is 1. The van der Waals surface area contributed by atoms with E-state index in [4.69, 9.17) is 18.9 Å². The third-order valence-corrected chi connectivity index (χ3v) is 4.35. The highest BCUT2D eigenvalue weighted by Gasteiger charge is 2.44. The summed E-state index contributed by atoms with van der Waals surface area (Å²) in [4.78, 5) is 12.9. The molecule has 0 radical (unpaired) electrons. The SMILES string of the molecule is COc1cc(O)c2c(c1)OC[C@](O)(Cc1ccc(OC)c(OC)c1)C2=O. The average Bonchev–Trinajstić information content (AvgIpc) is 2.64. The summed E-state index contributed by atoms with van der Waals surface area (Å²) in [6.07, 6.45) is -0.00288. The van der Waals surface area contributed by atoms with Crippen LogP contribution in [0.5, 0.6) is 28.7 Å². The molecular formula is C19H20O7. The maximum Gasteiger partial charge on any atom is 0.205 e. The van der Waals surface area contributed by atoms with Crippen molar-refractivity contribution in [1.82, 2.24) is 0 Å². The molecule has 26 heavy (non-hydrogen) atoms. The van der Waals surface area contributed by atoms with Gasteiger partial charge in [0, 0.05) is 18.6 Å². The van der Waals surface area contributed by atoms with Crippen LogP contribution in [0.15, 0.2) is 30.3 Å². The van der Waals surface area contributed by atoms with Gasteiger partial charge in [0.25, 0.3) is 0 Å². The molecule has 1 aliphatic rings. The Morgan fingerprint density at radius 2 is 1.81 bits per heavy atom.